The average Bonchev–Trinajstić information content (AvgIpc) is 2.99. The van der Waals surface area contributed by atoms with Crippen molar-refractivity contribution in [2.45, 2.75) is 32.7 Å². The van der Waals surface area contributed by atoms with Crippen LogP contribution < -0.4 is 0 Å². The zero-order valence-corrected chi connectivity index (χ0v) is 12.2. The number of aryl methyl sites for hydroxylation is 2. The van der Waals surface area contributed by atoms with Gasteiger partial charge in [-0.15, -0.1) is 11.3 Å². The van der Waals surface area contributed by atoms with Gasteiger partial charge in [-0.25, -0.2) is 15.0 Å². The summed E-state index contributed by atoms with van der Waals surface area (Å²) in [6, 6.07) is 2.03. The lowest BCUT2D eigenvalue weighted by molar-refractivity contribution is 0.325. The Labute approximate surface area is 117 Å². The SMILES string of the molecule is Cc1cc(C)nc([C@H]2CCN(Cc3nccs3)C2)n1. The number of nitrogens with zero attached hydrogens (tertiary/aromatic N) is 4. The maximum absolute atomic E-state index is 4.60. The second-order valence-corrected chi connectivity index (χ2v) is 6.13. The molecule has 3 rings (SSSR count). The molecule has 0 spiro atoms. The normalized spacial score (nSPS) is 20.0. The van der Waals surface area contributed by atoms with Crippen LogP contribution in [0.15, 0.2) is 17.6 Å². The van der Waals surface area contributed by atoms with Crippen molar-refractivity contribution in [1.82, 2.24) is 19.9 Å². The van der Waals surface area contributed by atoms with Gasteiger partial charge >= 0.3 is 0 Å². The first-order valence-corrected chi connectivity index (χ1v) is 7.51. The first-order valence-electron chi connectivity index (χ1n) is 6.63. The van der Waals surface area contributed by atoms with Gasteiger partial charge in [0.15, 0.2) is 0 Å². The number of hydrogen-bond acceptors (Lipinski definition) is 5. The van der Waals surface area contributed by atoms with Crippen LogP contribution in [-0.4, -0.2) is 32.9 Å². The average molecular weight is 274 g/mol. The van der Waals surface area contributed by atoms with Crippen molar-refractivity contribution in [1.29, 1.82) is 0 Å². The summed E-state index contributed by atoms with van der Waals surface area (Å²) >= 11 is 1.73. The zero-order chi connectivity index (χ0) is 13.2. The van der Waals surface area contributed by atoms with Crippen molar-refractivity contribution in [3.63, 3.8) is 0 Å². The van der Waals surface area contributed by atoms with Crippen LogP contribution in [0.25, 0.3) is 0 Å². The summed E-state index contributed by atoms with van der Waals surface area (Å²) in [7, 11) is 0. The topological polar surface area (TPSA) is 41.9 Å². The standard InChI is InChI=1S/C14H18N4S/c1-10-7-11(2)17-14(16-10)12-3-5-18(8-12)9-13-15-4-6-19-13/h4,6-7,12H,3,5,8-9H2,1-2H3/t12-/m0/s1. The van der Waals surface area contributed by atoms with Crippen molar-refractivity contribution < 1.29 is 0 Å². The van der Waals surface area contributed by atoms with Gasteiger partial charge in [0, 0.05) is 35.4 Å². The zero-order valence-electron chi connectivity index (χ0n) is 11.3. The van der Waals surface area contributed by atoms with Crippen molar-refractivity contribution >= 4 is 11.3 Å². The van der Waals surface area contributed by atoms with Crippen LogP contribution in [0.5, 0.6) is 0 Å². The highest BCUT2D eigenvalue weighted by atomic mass is 32.1. The third kappa shape index (κ3) is 2.98. The Morgan fingerprint density at radius 3 is 2.79 bits per heavy atom. The fourth-order valence-electron chi connectivity index (χ4n) is 2.65. The molecule has 1 aliphatic heterocycles. The van der Waals surface area contributed by atoms with E-state index in [9.17, 15) is 0 Å². The predicted octanol–water partition coefficient (Wildman–Crippen LogP) is 2.54. The van der Waals surface area contributed by atoms with Gasteiger partial charge in [0.2, 0.25) is 0 Å². The molecule has 0 aromatic carbocycles. The molecule has 0 radical (unpaired) electrons. The Morgan fingerprint density at radius 2 is 2.11 bits per heavy atom. The monoisotopic (exact) mass is 274 g/mol. The fraction of sp³-hybridized carbons (Fsp3) is 0.500. The second-order valence-electron chi connectivity index (χ2n) is 5.16. The molecule has 1 aliphatic rings. The minimum Gasteiger partial charge on any atom is -0.296 e. The molecule has 0 aliphatic carbocycles. The summed E-state index contributed by atoms with van der Waals surface area (Å²) < 4.78 is 0. The van der Waals surface area contributed by atoms with Gasteiger partial charge in [-0.2, -0.15) is 0 Å². The third-order valence-electron chi connectivity index (χ3n) is 3.48. The van der Waals surface area contributed by atoms with Crippen LogP contribution in [-0.2, 0) is 6.54 Å². The van der Waals surface area contributed by atoms with E-state index in [1.165, 1.54) is 5.01 Å². The minimum absolute atomic E-state index is 0.471. The Bertz CT molecular complexity index is 532. The van der Waals surface area contributed by atoms with Gasteiger partial charge in [-0.3, -0.25) is 4.90 Å². The summed E-state index contributed by atoms with van der Waals surface area (Å²) in [6.45, 7) is 7.20. The number of aromatic nitrogens is 3. The molecule has 2 aromatic heterocycles. The lowest BCUT2D eigenvalue weighted by atomic mass is 10.1. The number of thiazole rings is 1. The largest absolute Gasteiger partial charge is 0.296 e. The van der Waals surface area contributed by atoms with Crippen LogP contribution >= 0.6 is 11.3 Å². The van der Waals surface area contributed by atoms with E-state index in [1.807, 2.05) is 31.5 Å². The molecule has 1 fully saturated rings. The van der Waals surface area contributed by atoms with E-state index in [2.05, 4.69) is 19.9 Å². The highest BCUT2D eigenvalue weighted by Gasteiger charge is 2.26. The van der Waals surface area contributed by atoms with Crippen LogP contribution in [0.1, 0.15) is 34.6 Å². The van der Waals surface area contributed by atoms with Crippen molar-refractivity contribution in [3.05, 3.63) is 39.9 Å². The molecule has 100 valence electrons. The first-order chi connectivity index (χ1) is 9.20. The molecule has 5 heteroatoms. The molecule has 0 bridgehead atoms. The van der Waals surface area contributed by atoms with E-state index in [4.69, 9.17) is 0 Å². The maximum atomic E-state index is 4.60. The Morgan fingerprint density at radius 1 is 1.32 bits per heavy atom. The molecule has 1 saturated heterocycles. The molecule has 2 aromatic rings. The van der Waals surface area contributed by atoms with E-state index in [0.717, 1.165) is 43.3 Å². The number of hydrogen-bond donors (Lipinski definition) is 0. The highest BCUT2D eigenvalue weighted by Crippen LogP contribution is 2.26. The summed E-state index contributed by atoms with van der Waals surface area (Å²) in [5.74, 6) is 1.48. The van der Waals surface area contributed by atoms with Crippen molar-refractivity contribution in [3.8, 4) is 0 Å². The van der Waals surface area contributed by atoms with Crippen molar-refractivity contribution in [2.75, 3.05) is 13.1 Å². The summed E-state index contributed by atoms with van der Waals surface area (Å²) in [4.78, 5) is 16.0. The quantitative estimate of drug-likeness (QED) is 0.862. The summed E-state index contributed by atoms with van der Waals surface area (Å²) in [5, 5.41) is 3.23. The van der Waals surface area contributed by atoms with Crippen LogP contribution in [0.3, 0.4) is 0 Å². The Balaban J connectivity index is 1.68. The van der Waals surface area contributed by atoms with Crippen LogP contribution in [0.2, 0.25) is 0 Å². The van der Waals surface area contributed by atoms with Gasteiger partial charge in [0.05, 0.1) is 6.54 Å². The molecule has 19 heavy (non-hydrogen) atoms. The van der Waals surface area contributed by atoms with Gasteiger partial charge in [0.25, 0.3) is 0 Å². The van der Waals surface area contributed by atoms with E-state index >= 15 is 0 Å². The second kappa shape index (κ2) is 5.35. The highest BCUT2D eigenvalue weighted by molar-refractivity contribution is 7.09. The molecule has 3 heterocycles. The molecule has 1 atom stereocenters. The first kappa shape index (κ1) is 12.7. The maximum Gasteiger partial charge on any atom is 0.133 e. The lowest BCUT2D eigenvalue weighted by Crippen LogP contribution is -2.20. The van der Waals surface area contributed by atoms with Gasteiger partial charge in [-0.05, 0) is 32.9 Å². The number of likely N-dealkylation sites (tertiary alicyclic amines) is 1. The minimum atomic E-state index is 0.471. The van der Waals surface area contributed by atoms with E-state index in [1.54, 1.807) is 11.3 Å². The van der Waals surface area contributed by atoms with E-state index in [0.29, 0.717) is 5.92 Å². The Kier molecular flexibility index (Phi) is 3.57. The molecule has 0 unspecified atom stereocenters. The van der Waals surface area contributed by atoms with Crippen LogP contribution in [0, 0.1) is 13.8 Å². The van der Waals surface area contributed by atoms with E-state index in [-0.39, 0.29) is 0 Å². The molecule has 0 N–H and O–H groups in total. The molecule has 4 nitrogen and oxygen atoms in total. The number of rotatable bonds is 3. The Hall–Kier alpha value is -1.33. The summed E-state index contributed by atoms with van der Waals surface area (Å²) in [5.41, 5.74) is 2.14. The predicted molar refractivity (Wildman–Crippen MR) is 76.3 cm³/mol. The molecular weight excluding hydrogens is 256 g/mol. The lowest BCUT2D eigenvalue weighted by Gasteiger charge is -2.14. The molecular formula is C14H18N4S. The van der Waals surface area contributed by atoms with Gasteiger partial charge in [-0.1, -0.05) is 0 Å². The van der Waals surface area contributed by atoms with Crippen molar-refractivity contribution in [2.24, 2.45) is 0 Å². The van der Waals surface area contributed by atoms with E-state index < -0.39 is 0 Å². The van der Waals surface area contributed by atoms with Crippen LogP contribution in [0.4, 0.5) is 0 Å². The fourth-order valence-corrected chi connectivity index (χ4v) is 3.30. The van der Waals surface area contributed by atoms with Gasteiger partial charge < -0.3 is 0 Å². The third-order valence-corrected chi connectivity index (χ3v) is 4.24. The molecule has 0 amide bonds. The smallest absolute Gasteiger partial charge is 0.133 e. The summed E-state index contributed by atoms with van der Waals surface area (Å²) in [6.07, 6.45) is 3.02. The molecule has 0 saturated carbocycles. The van der Waals surface area contributed by atoms with Gasteiger partial charge in [0.1, 0.15) is 10.8 Å².